The third-order valence-corrected chi connectivity index (χ3v) is 3.22. The van der Waals surface area contributed by atoms with Crippen molar-refractivity contribution in [2.45, 2.75) is 0 Å². The van der Waals surface area contributed by atoms with Gasteiger partial charge in [0.1, 0.15) is 5.75 Å². The molecule has 0 unspecified atom stereocenters. The van der Waals surface area contributed by atoms with Gasteiger partial charge in [-0.05, 0) is 36.4 Å². The molecule has 0 fully saturated rings. The molecule has 3 rings (SSSR count). The fourth-order valence-corrected chi connectivity index (χ4v) is 2.16. The summed E-state index contributed by atoms with van der Waals surface area (Å²) in [5.41, 5.74) is 4.01. The average Bonchev–Trinajstić information content (AvgIpc) is 2.57. The first-order valence-electron chi connectivity index (χ1n) is 6.78. The van der Waals surface area contributed by atoms with Crippen molar-refractivity contribution in [1.82, 2.24) is 4.98 Å². The second-order valence-corrected chi connectivity index (χ2v) is 4.62. The van der Waals surface area contributed by atoms with Gasteiger partial charge in [0.05, 0.1) is 18.5 Å². The number of rotatable bonds is 4. The van der Waals surface area contributed by atoms with Crippen LogP contribution in [0.4, 0.5) is 11.4 Å². The third-order valence-electron chi connectivity index (χ3n) is 3.22. The van der Waals surface area contributed by atoms with E-state index in [1.807, 2.05) is 60.8 Å². The van der Waals surface area contributed by atoms with Gasteiger partial charge in [0, 0.05) is 17.4 Å². The Morgan fingerprint density at radius 3 is 2.33 bits per heavy atom. The van der Waals surface area contributed by atoms with E-state index in [-0.39, 0.29) is 0 Å². The van der Waals surface area contributed by atoms with Crippen molar-refractivity contribution in [3.8, 4) is 17.0 Å². The van der Waals surface area contributed by atoms with Crippen molar-refractivity contribution < 1.29 is 4.74 Å². The highest BCUT2D eigenvalue weighted by Crippen LogP contribution is 2.28. The van der Waals surface area contributed by atoms with Crippen molar-refractivity contribution in [3.05, 3.63) is 72.9 Å². The minimum Gasteiger partial charge on any atom is -0.497 e. The number of ether oxygens (including phenoxy) is 1. The molecule has 3 heteroatoms. The molecular formula is C18H16N2O. The van der Waals surface area contributed by atoms with Gasteiger partial charge in [-0.3, -0.25) is 4.98 Å². The SMILES string of the molecule is COc1ccc(Nc2cccnc2-c2ccccc2)cc1. The highest BCUT2D eigenvalue weighted by atomic mass is 16.5. The number of pyridine rings is 1. The molecule has 0 spiro atoms. The molecule has 0 saturated heterocycles. The van der Waals surface area contributed by atoms with Crippen LogP contribution >= 0.6 is 0 Å². The van der Waals surface area contributed by atoms with E-state index >= 15 is 0 Å². The Bertz CT molecular complexity index is 709. The summed E-state index contributed by atoms with van der Waals surface area (Å²) >= 11 is 0. The van der Waals surface area contributed by atoms with Crippen molar-refractivity contribution in [2.75, 3.05) is 12.4 Å². The van der Waals surface area contributed by atoms with Gasteiger partial charge in [0.2, 0.25) is 0 Å². The van der Waals surface area contributed by atoms with E-state index in [0.717, 1.165) is 28.4 Å². The largest absolute Gasteiger partial charge is 0.497 e. The number of anilines is 2. The first-order chi connectivity index (χ1) is 10.4. The number of aromatic nitrogens is 1. The molecule has 0 atom stereocenters. The van der Waals surface area contributed by atoms with Gasteiger partial charge in [-0.2, -0.15) is 0 Å². The van der Waals surface area contributed by atoms with Crippen LogP contribution in [0.15, 0.2) is 72.9 Å². The Kier molecular flexibility index (Phi) is 3.83. The molecule has 1 aromatic heterocycles. The van der Waals surface area contributed by atoms with Crippen LogP contribution in [0.5, 0.6) is 5.75 Å². The molecule has 0 saturated carbocycles. The zero-order valence-electron chi connectivity index (χ0n) is 11.8. The molecule has 104 valence electrons. The lowest BCUT2D eigenvalue weighted by atomic mass is 10.1. The molecular weight excluding hydrogens is 260 g/mol. The Morgan fingerprint density at radius 2 is 1.62 bits per heavy atom. The van der Waals surface area contributed by atoms with Crippen LogP contribution in [0, 0.1) is 0 Å². The first-order valence-corrected chi connectivity index (χ1v) is 6.78. The van der Waals surface area contributed by atoms with Crippen LogP contribution in [0.25, 0.3) is 11.3 Å². The van der Waals surface area contributed by atoms with E-state index in [9.17, 15) is 0 Å². The molecule has 2 aromatic carbocycles. The predicted octanol–water partition coefficient (Wildman–Crippen LogP) is 4.50. The molecule has 1 N–H and O–H groups in total. The molecule has 0 aliphatic carbocycles. The quantitative estimate of drug-likeness (QED) is 0.761. The summed E-state index contributed by atoms with van der Waals surface area (Å²) in [7, 11) is 1.66. The van der Waals surface area contributed by atoms with Crippen molar-refractivity contribution in [1.29, 1.82) is 0 Å². The summed E-state index contributed by atoms with van der Waals surface area (Å²) in [5.74, 6) is 0.843. The predicted molar refractivity (Wildman–Crippen MR) is 85.9 cm³/mol. The standard InChI is InChI=1S/C18H16N2O/c1-21-16-11-9-15(10-12-16)20-17-8-5-13-19-18(17)14-6-3-2-4-7-14/h2-13,20H,1H3. The highest BCUT2D eigenvalue weighted by Gasteiger charge is 2.06. The van der Waals surface area contributed by atoms with Gasteiger partial charge in [-0.25, -0.2) is 0 Å². The minimum absolute atomic E-state index is 0.843. The summed E-state index contributed by atoms with van der Waals surface area (Å²) in [5, 5.41) is 3.40. The lowest BCUT2D eigenvalue weighted by Crippen LogP contribution is -1.95. The molecule has 0 radical (unpaired) electrons. The van der Waals surface area contributed by atoms with Gasteiger partial charge in [-0.15, -0.1) is 0 Å². The van der Waals surface area contributed by atoms with E-state index < -0.39 is 0 Å². The topological polar surface area (TPSA) is 34.1 Å². The van der Waals surface area contributed by atoms with E-state index in [1.54, 1.807) is 7.11 Å². The molecule has 0 aliphatic rings. The second kappa shape index (κ2) is 6.09. The van der Waals surface area contributed by atoms with Crippen LogP contribution in [0.2, 0.25) is 0 Å². The van der Waals surface area contributed by atoms with Crippen LogP contribution in [-0.4, -0.2) is 12.1 Å². The fraction of sp³-hybridized carbons (Fsp3) is 0.0556. The van der Waals surface area contributed by atoms with Crippen LogP contribution in [0.3, 0.4) is 0 Å². The van der Waals surface area contributed by atoms with E-state index in [0.29, 0.717) is 0 Å². The Balaban J connectivity index is 1.92. The summed E-state index contributed by atoms with van der Waals surface area (Å²) < 4.78 is 5.17. The second-order valence-electron chi connectivity index (χ2n) is 4.62. The average molecular weight is 276 g/mol. The van der Waals surface area contributed by atoms with E-state index in [4.69, 9.17) is 4.74 Å². The van der Waals surface area contributed by atoms with Gasteiger partial charge in [0.15, 0.2) is 0 Å². The number of nitrogens with zero attached hydrogens (tertiary/aromatic N) is 1. The Labute approximate surface area is 124 Å². The normalized spacial score (nSPS) is 10.1. The maximum absolute atomic E-state index is 5.17. The molecule has 0 bridgehead atoms. The van der Waals surface area contributed by atoms with Crippen LogP contribution in [0.1, 0.15) is 0 Å². The highest BCUT2D eigenvalue weighted by molar-refractivity contribution is 5.77. The monoisotopic (exact) mass is 276 g/mol. The summed E-state index contributed by atoms with van der Waals surface area (Å²) in [6, 6.07) is 21.9. The molecule has 3 nitrogen and oxygen atoms in total. The molecule has 21 heavy (non-hydrogen) atoms. The maximum Gasteiger partial charge on any atom is 0.119 e. The van der Waals surface area contributed by atoms with Crippen LogP contribution in [-0.2, 0) is 0 Å². The molecule has 0 amide bonds. The molecule has 1 heterocycles. The third kappa shape index (κ3) is 3.03. The first kappa shape index (κ1) is 13.2. The van der Waals surface area contributed by atoms with Crippen molar-refractivity contribution in [2.24, 2.45) is 0 Å². The van der Waals surface area contributed by atoms with E-state index in [1.165, 1.54) is 0 Å². The summed E-state index contributed by atoms with van der Waals surface area (Å²) in [6.07, 6.45) is 1.81. The lowest BCUT2D eigenvalue weighted by Gasteiger charge is -2.11. The van der Waals surface area contributed by atoms with Gasteiger partial charge in [0.25, 0.3) is 0 Å². The number of benzene rings is 2. The molecule has 3 aromatic rings. The smallest absolute Gasteiger partial charge is 0.119 e. The Hall–Kier alpha value is -2.81. The van der Waals surface area contributed by atoms with Crippen LogP contribution < -0.4 is 10.1 Å². The number of methoxy groups -OCH3 is 1. The van der Waals surface area contributed by atoms with E-state index in [2.05, 4.69) is 22.4 Å². The number of nitrogens with one attached hydrogen (secondary N) is 1. The minimum atomic E-state index is 0.843. The van der Waals surface area contributed by atoms with Gasteiger partial charge >= 0.3 is 0 Å². The zero-order chi connectivity index (χ0) is 14.5. The van der Waals surface area contributed by atoms with Gasteiger partial charge < -0.3 is 10.1 Å². The maximum atomic E-state index is 5.17. The van der Waals surface area contributed by atoms with Crippen molar-refractivity contribution >= 4 is 11.4 Å². The van der Waals surface area contributed by atoms with Gasteiger partial charge in [-0.1, -0.05) is 30.3 Å². The Morgan fingerprint density at radius 1 is 0.857 bits per heavy atom. The number of hydrogen-bond donors (Lipinski definition) is 1. The lowest BCUT2D eigenvalue weighted by molar-refractivity contribution is 0.415. The summed E-state index contributed by atoms with van der Waals surface area (Å²) in [4.78, 5) is 4.49. The zero-order valence-corrected chi connectivity index (χ0v) is 11.8. The van der Waals surface area contributed by atoms with Crippen molar-refractivity contribution in [3.63, 3.8) is 0 Å². The summed E-state index contributed by atoms with van der Waals surface area (Å²) in [6.45, 7) is 0. The number of hydrogen-bond acceptors (Lipinski definition) is 3. The fourth-order valence-electron chi connectivity index (χ4n) is 2.16. The molecule has 0 aliphatic heterocycles.